The molecule has 112 valence electrons. The lowest BCUT2D eigenvalue weighted by molar-refractivity contribution is -0.143. The van der Waals surface area contributed by atoms with Crippen LogP contribution in [0.3, 0.4) is 0 Å². The molecule has 1 aliphatic carbocycles. The van der Waals surface area contributed by atoms with Crippen molar-refractivity contribution in [3.8, 4) is 0 Å². The van der Waals surface area contributed by atoms with Crippen molar-refractivity contribution in [1.29, 1.82) is 0 Å². The Balaban J connectivity index is 1.84. The largest absolute Gasteiger partial charge is 0.466 e. The van der Waals surface area contributed by atoms with Gasteiger partial charge in [0.05, 0.1) is 13.0 Å². The van der Waals surface area contributed by atoms with Crippen LogP contribution >= 0.6 is 0 Å². The third kappa shape index (κ3) is 4.70. The minimum atomic E-state index is -0.362. The Kier molecular flexibility index (Phi) is 5.09. The van der Waals surface area contributed by atoms with Crippen LogP contribution in [-0.2, 0) is 14.3 Å². The van der Waals surface area contributed by atoms with Crippen molar-refractivity contribution in [3.05, 3.63) is 29.8 Å². The molecule has 1 saturated carbocycles. The molecule has 1 aliphatic rings. The van der Waals surface area contributed by atoms with Gasteiger partial charge in [-0.2, -0.15) is 0 Å². The van der Waals surface area contributed by atoms with Crippen molar-refractivity contribution >= 4 is 23.3 Å². The number of hydrogen-bond acceptors (Lipinski definition) is 4. The molecule has 5 heteroatoms. The van der Waals surface area contributed by atoms with E-state index in [1.807, 2.05) is 0 Å². The summed E-state index contributed by atoms with van der Waals surface area (Å²) in [4.78, 5) is 34.7. The summed E-state index contributed by atoms with van der Waals surface area (Å²) < 4.78 is 4.78. The molecule has 1 aromatic carbocycles. The highest BCUT2D eigenvalue weighted by atomic mass is 16.5. The van der Waals surface area contributed by atoms with E-state index in [-0.39, 0.29) is 36.4 Å². The highest BCUT2D eigenvalue weighted by molar-refractivity contribution is 5.98. The Morgan fingerprint density at radius 3 is 2.38 bits per heavy atom. The summed E-state index contributed by atoms with van der Waals surface area (Å²) >= 11 is 0. The summed E-state index contributed by atoms with van der Waals surface area (Å²) in [6, 6.07) is 6.74. The summed E-state index contributed by atoms with van der Waals surface area (Å²) in [5, 5.41) is 2.81. The number of carbonyl (C=O) groups excluding carboxylic acids is 3. The van der Waals surface area contributed by atoms with Gasteiger partial charge in [-0.05, 0) is 44.0 Å². The third-order valence-corrected chi connectivity index (χ3v) is 3.28. The van der Waals surface area contributed by atoms with E-state index >= 15 is 0 Å². The van der Waals surface area contributed by atoms with Crippen LogP contribution in [0.1, 0.15) is 43.0 Å². The number of hydrogen-bond donors (Lipinski definition) is 1. The van der Waals surface area contributed by atoms with Gasteiger partial charge in [0, 0.05) is 23.6 Å². The molecule has 0 bridgehead atoms. The lowest BCUT2D eigenvalue weighted by Crippen LogP contribution is -2.13. The van der Waals surface area contributed by atoms with Crippen LogP contribution in [0.2, 0.25) is 0 Å². The number of amides is 1. The van der Waals surface area contributed by atoms with Gasteiger partial charge in [0.15, 0.2) is 5.78 Å². The maximum Gasteiger partial charge on any atom is 0.306 e. The lowest BCUT2D eigenvalue weighted by atomic mass is 10.1. The molecular weight excluding hydrogens is 270 g/mol. The predicted octanol–water partition coefficient (Wildman–Crippen LogP) is 2.56. The average Bonchev–Trinajstić information content (AvgIpc) is 3.30. The van der Waals surface area contributed by atoms with Gasteiger partial charge < -0.3 is 10.1 Å². The predicted molar refractivity (Wildman–Crippen MR) is 78.0 cm³/mol. The molecule has 5 nitrogen and oxygen atoms in total. The van der Waals surface area contributed by atoms with Crippen LogP contribution in [0.25, 0.3) is 0 Å². The first kappa shape index (κ1) is 15.2. The van der Waals surface area contributed by atoms with Crippen molar-refractivity contribution in [2.75, 3.05) is 11.9 Å². The van der Waals surface area contributed by atoms with Gasteiger partial charge in [-0.25, -0.2) is 0 Å². The highest BCUT2D eigenvalue weighted by Crippen LogP contribution is 2.30. The first-order valence-electron chi connectivity index (χ1n) is 7.20. The summed E-state index contributed by atoms with van der Waals surface area (Å²) in [5.41, 5.74) is 1.22. The Labute approximate surface area is 123 Å². The molecule has 0 unspecified atom stereocenters. The second kappa shape index (κ2) is 7.02. The summed E-state index contributed by atoms with van der Waals surface area (Å²) in [5.74, 6) is -0.283. The minimum Gasteiger partial charge on any atom is -0.466 e. The Morgan fingerprint density at radius 1 is 1.14 bits per heavy atom. The van der Waals surface area contributed by atoms with E-state index in [2.05, 4.69) is 5.32 Å². The maximum absolute atomic E-state index is 11.9. The molecule has 0 radical (unpaired) electrons. The molecule has 0 spiro atoms. The number of ether oxygens (including phenoxy) is 1. The van der Waals surface area contributed by atoms with Gasteiger partial charge in [0.2, 0.25) is 5.91 Å². The zero-order valence-electron chi connectivity index (χ0n) is 12.1. The monoisotopic (exact) mass is 289 g/mol. The fourth-order valence-electron chi connectivity index (χ4n) is 1.92. The maximum atomic E-state index is 11.9. The number of esters is 1. The molecule has 0 saturated heterocycles. The van der Waals surface area contributed by atoms with Gasteiger partial charge in [0.25, 0.3) is 0 Å². The molecule has 0 heterocycles. The second-order valence-corrected chi connectivity index (χ2v) is 5.07. The normalized spacial score (nSPS) is 13.6. The Bertz CT molecular complexity index is 532. The van der Waals surface area contributed by atoms with E-state index in [9.17, 15) is 14.4 Å². The first-order valence-corrected chi connectivity index (χ1v) is 7.20. The molecule has 1 N–H and O–H groups in total. The van der Waals surface area contributed by atoms with Crippen molar-refractivity contribution < 1.29 is 19.1 Å². The number of nitrogens with one attached hydrogen (secondary N) is 1. The van der Waals surface area contributed by atoms with Gasteiger partial charge in [-0.15, -0.1) is 0 Å². The van der Waals surface area contributed by atoms with Crippen LogP contribution < -0.4 is 5.32 Å². The number of carbonyl (C=O) groups is 3. The number of Topliss-reactive ketones (excluding diaryl/α,β-unsaturated/α-hetero) is 1. The van der Waals surface area contributed by atoms with Crippen molar-refractivity contribution in [3.63, 3.8) is 0 Å². The number of anilines is 1. The highest BCUT2D eigenvalue weighted by Gasteiger charge is 2.29. The van der Waals surface area contributed by atoms with E-state index in [4.69, 9.17) is 4.74 Å². The zero-order chi connectivity index (χ0) is 15.2. The van der Waals surface area contributed by atoms with Crippen LogP contribution in [0, 0.1) is 5.92 Å². The molecule has 0 aliphatic heterocycles. The molecule has 1 amide bonds. The standard InChI is InChI=1S/C16H19NO4/c1-2-21-15(19)10-9-14(18)11-5-7-13(8-6-11)17-16(20)12-3-4-12/h5-8,12H,2-4,9-10H2,1H3,(H,17,20). The van der Waals surface area contributed by atoms with Crippen LogP contribution in [-0.4, -0.2) is 24.3 Å². The quantitative estimate of drug-likeness (QED) is 0.618. The molecular formula is C16H19NO4. The van der Waals surface area contributed by atoms with Crippen molar-refractivity contribution in [1.82, 2.24) is 0 Å². The minimum absolute atomic E-state index is 0.0383. The Morgan fingerprint density at radius 2 is 1.81 bits per heavy atom. The topological polar surface area (TPSA) is 72.5 Å². The van der Waals surface area contributed by atoms with Crippen LogP contribution in [0.15, 0.2) is 24.3 Å². The van der Waals surface area contributed by atoms with Crippen LogP contribution in [0.4, 0.5) is 5.69 Å². The van der Waals surface area contributed by atoms with E-state index in [0.29, 0.717) is 17.9 Å². The molecule has 2 rings (SSSR count). The molecule has 0 aromatic heterocycles. The molecule has 0 atom stereocenters. The van der Waals surface area contributed by atoms with E-state index in [0.717, 1.165) is 12.8 Å². The van der Waals surface area contributed by atoms with E-state index in [1.54, 1.807) is 31.2 Å². The van der Waals surface area contributed by atoms with Gasteiger partial charge in [0.1, 0.15) is 0 Å². The molecule has 1 aromatic rings. The zero-order valence-corrected chi connectivity index (χ0v) is 12.1. The number of benzene rings is 1. The summed E-state index contributed by atoms with van der Waals surface area (Å²) in [7, 11) is 0. The van der Waals surface area contributed by atoms with E-state index < -0.39 is 0 Å². The van der Waals surface area contributed by atoms with Gasteiger partial charge in [-0.3, -0.25) is 14.4 Å². The van der Waals surface area contributed by atoms with Gasteiger partial charge in [-0.1, -0.05) is 0 Å². The number of rotatable bonds is 7. The van der Waals surface area contributed by atoms with Crippen molar-refractivity contribution in [2.24, 2.45) is 5.92 Å². The average molecular weight is 289 g/mol. The molecule has 1 fully saturated rings. The smallest absolute Gasteiger partial charge is 0.306 e. The molecule has 21 heavy (non-hydrogen) atoms. The fraction of sp³-hybridized carbons (Fsp3) is 0.438. The summed E-state index contributed by atoms with van der Waals surface area (Å²) in [6.45, 7) is 2.05. The van der Waals surface area contributed by atoms with Crippen LogP contribution in [0.5, 0.6) is 0 Å². The Hall–Kier alpha value is -2.17. The number of ketones is 1. The van der Waals surface area contributed by atoms with Gasteiger partial charge >= 0.3 is 5.97 Å². The van der Waals surface area contributed by atoms with Crippen molar-refractivity contribution in [2.45, 2.75) is 32.6 Å². The third-order valence-electron chi connectivity index (χ3n) is 3.28. The second-order valence-electron chi connectivity index (χ2n) is 5.07. The van der Waals surface area contributed by atoms with E-state index in [1.165, 1.54) is 0 Å². The lowest BCUT2D eigenvalue weighted by Gasteiger charge is -2.06. The SMILES string of the molecule is CCOC(=O)CCC(=O)c1ccc(NC(=O)C2CC2)cc1. The summed E-state index contributed by atoms with van der Waals surface area (Å²) in [6.07, 6.45) is 2.13. The first-order chi connectivity index (χ1) is 10.1. The fourth-order valence-corrected chi connectivity index (χ4v) is 1.92.